The van der Waals surface area contributed by atoms with Crippen molar-refractivity contribution in [1.29, 1.82) is 5.41 Å². The molecule has 0 amide bonds. The zero-order valence-electron chi connectivity index (χ0n) is 14.0. The molecule has 0 unspecified atom stereocenters. The van der Waals surface area contributed by atoms with Crippen molar-refractivity contribution in [3.05, 3.63) is 46.1 Å². The molecule has 1 aliphatic heterocycles. The highest BCUT2D eigenvalue weighted by atomic mass is 32.2. The zero-order valence-corrected chi connectivity index (χ0v) is 15.6. The molecule has 1 aromatic heterocycles. The molecule has 0 aliphatic carbocycles. The molecule has 0 fully saturated rings. The lowest BCUT2D eigenvalue weighted by molar-refractivity contribution is 0.415. The number of fused-ring (bicyclic) bond motifs is 1. The fraction of sp³-hybridized carbons (Fsp3) is 0.222. The molecule has 0 saturated carbocycles. The van der Waals surface area contributed by atoms with Crippen LogP contribution in [0.3, 0.4) is 0 Å². The predicted molar refractivity (Wildman–Crippen MR) is 106 cm³/mol. The van der Waals surface area contributed by atoms with Crippen molar-refractivity contribution in [3.8, 4) is 17.6 Å². The minimum atomic E-state index is 0.549. The van der Waals surface area contributed by atoms with E-state index in [-0.39, 0.29) is 0 Å². The third-order valence-electron chi connectivity index (χ3n) is 3.53. The van der Waals surface area contributed by atoms with Crippen LogP contribution < -0.4 is 15.4 Å². The van der Waals surface area contributed by atoms with Gasteiger partial charge in [0.1, 0.15) is 16.6 Å². The highest BCUT2D eigenvalue weighted by molar-refractivity contribution is 8.17. The molecular formula is C18H18N4OS2. The maximum Gasteiger partial charge on any atom is 0.168 e. The fourth-order valence-corrected chi connectivity index (χ4v) is 3.80. The lowest BCUT2D eigenvalue weighted by atomic mass is 10.2. The first kappa shape index (κ1) is 17.4. The van der Waals surface area contributed by atoms with Crippen LogP contribution in [-0.4, -0.2) is 30.7 Å². The number of rotatable bonds is 5. The molecule has 2 heterocycles. The molecule has 7 heteroatoms. The molecule has 1 aromatic carbocycles. The number of methoxy groups -OCH3 is 1. The van der Waals surface area contributed by atoms with E-state index >= 15 is 0 Å². The molecule has 3 N–H and O–H groups in total. The number of ether oxygens (including phenoxy) is 1. The van der Waals surface area contributed by atoms with Crippen LogP contribution in [0.5, 0.6) is 5.75 Å². The Kier molecular flexibility index (Phi) is 5.64. The van der Waals surface area contributed by atoms with Gasteiger partial charge < -0.3 is 15.4 Å². The Hall–Kier alpha value is -2.43. The van der Waals surface area contributed by atoms with Crippen LogP contribution in [0.2, 0.25) is 0 Å². The van der Waals surface area contributed by atoms with Gasteiger partial charge in [0.05, 0.1) is 17.3 Å². The second-order valence-corrected chi connectivity index (χ2v) is 7.07. The standard InChI is InChI=1S/C18H18N4OS2/c1-20-18(13-8-10-24-17(13)19)21-9-4-3-5-16-22-14-7-6-12(23-2)11-15(14)25-16/h6-8,10-11,19-21H,4,9H2,1-2H3/b18-13+,19-17?. The van der Waals surface area contributed by atoms with E-state index in [4.69, 9.17) is 10.1 Å². The van der Waals surface area contributed by atoms with Crippen molar-refractivity contribution in [2.24, 2.45) is 0 Å². The van der Waals surface area contributed by atoms with Gasteiger partial charge in [0.15, 0.2) is 5.01 Å². The third-order valence-corrected chi connectivity index (χ3v) is 5.19. The van der Waals surface area contributed by atoms with E-state index in [1.54, 1.807) is 18.4 Å². The van der Waals surface area contributed by atoms with Gasteiger partial charge in [-0.15, -0.1) is 11.3 Å². The second-order valence-electron chi connectivity index (χ2n) is 5.12. The van der Waals surface area contributed by atoms with Gasteiger partial charge in [-0.3, -0.25) is 5.41 Å². The Morgan fingerprint density at radius 3 is 3.00 bits per heavy atom. The summed E-state index contributed by atoms with van der Waals surface area (Å²) in [5, 5.41) is 17.5. The van der Waals surface area contributed by atoms with Crippen molar-refractivity contribution >= 4 is 38.4 Å². The first-order chi connectivity index (χ1) is 12.2. The number of hydrogen-bond donors (Lipinski definition) is 3. The third kappa shape index (κ3) is 4.16. The maximum absolute atomic E-state index is 7.87. The Morgan fingerprint density at radius 2 is 2.28 bits per heavy atom. The quantitative estimate of drug-likeness (QED) is 0.556. The highest BCUT2D eigenvalue weighted by Crippen LogP contribution is 2.26. The lowest BCUT2D eigenvalue weighted by Crippen LogP contribution is -2.26. The molecule has 0 saturated heterocycles. The summed E-state index contributed by atoms with van der Waals surface area (Å²) in [4.78, 5) is 4.52. The monoisotopic (exact) mass is 370 g/mol. The van der Waals surface area contributed by atoms with E-state index < -0.39 is 0 Å². The molecule has 5 nitrogen and oxygen atoms in total. The predicted octanol–water partition coefficient (Wildman–Crippen LogP) is 3.30. The van der Waals surface area contributed by atoms with E-state index in [1.165, 1.54) is 11.8 Å². The summed E-state index contributed by atoms with van der Waals surface area (Å²) in [6, 6.07) is 5.83. The number of thiazole rings is 1. The van der Waals surface area contributed by atoms with Gasteiger partial charge in [0, 0.05) is 25.6 Å². The van der Waals surface area contributed by atoms with Gasteiger partial charge in [-0.05, 0) is 35.6 Å². The van der Waals surface area contributed by atoms with Crippen LogP contribution in [0.4, 0.5) is 0 Å². The van der Waals surface area contributed by atoms with Gasteiger partial charge >= 0.3 is 0 Å². The van der Waals surface area contributed by atoms with E-state index in [2.05, 4.69) is 27.5 Å². The lowest BCUT2D eigenvalue weighted by Gasteiger charge is -2.11. The van der Waals surface area contributed by atoms with Gasteiger partial charge in [-0.1, -0.05) is 17.7 Å². The van der Waals surface area contributed by atoms with Crippen molar-refractivity contribution in [2.45, 2.75) is 6.42 Å². The number of hydrogen-bond acceptors (Lipinski definition) is 7. The molecule has 1 aliphatic rings. The number of benzene rings is 1. The summed E-state index contributed by atoms with van der Waals surface area (Å²) < 4.78 is 6.31. The van der Waals surface area contributed by atoms with E-state index in [1.807, 2.05) is 36.7 Å². The Bertz CT molecular complexity index is 918. The summed E-state index contributed by atoms with van der Waals surface area (Å²) in [6.45, 7) is 0.706. The van der Waals surface area contributed by atoms with Crippen LogP contribution in [-0.2, 0) is 0 Å². The Balaban J connectivity index is 1.59. The molecule has 2 aromatic rings. The number of nitrogens with zero attached hydrogens (tertiary/aromatic N) is 1. The van der Waals surface area contributed by atoms with Crippen LogP contribution in [0.25, 0.3) is 10.2 Å². The summed E-state index contributed by atoms with van der Waals surface area (Å²) in [5.41, 5.74) is 1.83. The van der Waals surface area contributed by atoms with E-state index in [9.17, 15) is 0 Å². The van der Waals surface area contributed by atoms with Crippen LogP contribution in [0.15, 0.2) is 41.1 Å². The van der Waals surface area contributed by atoms with E-state index in [0.717, 1.165) is 32.4 Å². The summed E-state index contributed by atoms with van der Waals surface area (Å²) in [7, 11) is 3.51. The first-order valence-corrected chi connectivity index (χ1v) is 9.42. The van der Waals surface area contributed by atoms with Crippen molar-refractivity contribution < 1.29 is 4.74 Å². The number of aromatic nitrogens is 1. The SMILES string of the molecule is CN/C(NCCC#Cc1nc2ccc(OC)cc2s1)=C1/C=CSC1=N. The minimum absolute atomic E-state index is 0.549. The molecule has 0 atom stereocenters. The molecule has 0 radical (unpaired) electrons. The number of thioether (sulfide) groups is 1. The Labute approximate surface area is 155 Å². The molecular weight excluding hydrogens is 352 g/mol. The molecule has 0 spiro atoms. The topological polar surface area (TPSA) is 70.0 Å². The van der Waals surface area contributed by atoms with Crippen LogP contribution in [0, 0.1) is 17.3 Å². The van der Waals surface area contributed by atoms with Gasteiger partial charge in [-0.2, -0.15) is 0 Å². The van der Waals surface area contributed by atoms with E-state index in [0.29, 0.717) is 18.0 Å². The summed E-state index contributed by atoms with van der Waals surface area (Å²) >= 11 is 2.99. The fourth-order valence-electron chi connectivity index (χ4n) is 2.30. The maximum atomic E-state index is 7.87. The summed E-state index contributed by atoms with van der Waals surface area (Å²) in [5.74, 6) is 7.96. The van der Waals surface area contributed by atoms with Crippen molar-refractivity contribution in [1.82, 2.24) is 15.6 Å². The van der Waals surface area contributed by atoms with Gasteiger partial charge in [0.25, 0.3) is 0 Å². The zero-order chi connectivity index (χ0) is 17.6. The van der Waals surface area contributed by atoms with Crippen LogP contribution >= 0.6 is 23.1 Å². The van der Waals surface area contributed by atoms with Crippen LogP contribution in [0.1, 0.15) is 11.4 Å². The summed E-state index contributed by atoms with van der Waals surface area (Å²) in [6.07, 6.45) is 2.63. The Morgan fingerprint density at radius 1 is 1.40 bits per heavy atom. The van der Waals surface area contributed by atoms with Crippen molar-refractivity contribution in [3.63, 3.8) is 0 Å². The van der Waals surface area contributed by atoms with Gasteiger partial charge in [-0.25, -0.2) is 4.98 Å². The van der Waals surface area contributed by atoms with Gasteiger partial charge in [0.2, 0.25) is 0 Å². The molecule has 25 heavy (non-hydrogen) atoms. The molecule has 3 rings (SSSR count). The number of nitrogens with one attached hydrogen (secondary N) is 3. The number of allylic oxidation sites excluding steroid dienone is 1. The van der Waals surface area contributed by atoms with Crippen molar-refractivity contribution in [2.75, 3.05) is 20.7 Å². The normalized spacial score (nSPS) is 15.0. The smallest absolute Gasteiger partial charge is 0.168 e. The first-order valence-electron chi connectivity index (χ1n) is 7.72. The second kappa shape index (κ2) is 8.10. The average molecular weight is 371 g/mol. The highest BCUT2D eigenvalue weighted by Gasteiger charge is 2.12. The molecule has 0 bridgehead atoms. The molecule has 128 valence electrons. The average Bonchev–Trinajstić information content (AvgIpc) is 3.23. The largest absolute Gasteiger partial charge is 0.497 e. The minimum Gasteiger partial charge on any atom is -0.497 e.